The molecule has 0 bridgehead atoms. The van der Waals surface area contributed by atoms with E-state index in [1.807, 2.05) is 42.5 Å². The quantitative estimate of drug-likeness (QED) is 0.428. The summed E-state index contributed by atoms with van der Waals surface area (Å²) >= 11 is 0. The Morgan fingerprint density at radius 3 is 2.71 bits per heavy atom. The van der Waals surface area contributed by atoms with E-state index in [0.29, 0.717) is 18.9 Å². The number of rotatable bonds is 10. The second-order valence-electron chi connectivity index (χ2n) is 7.50. The zero-order chi connectivity index (χ0) is 21.2. The van der Waals surface area contributed by atoms with E-state index in [0.717, 1.165) is 31.4 Å². The fraction of sp³-hybridized carbons (Fsp3) is 0.458. The van der Waals surface area contributed by atoms with Crippen molar-refractivity contribution in [2.75, 3.05) is 26.4 Å². The first kappa shape index (κ1) is 25.0. The van der Waals surface area contributed by atoms with Crippen LogP contribution in [0.3, 0.4) is 0 Å². The molecule has 1 aliphatic rings. The molecule has 0 saturated heterocycles. The van der Waals surface area contributed by atoms with Gasteiger partial charge in [-0.25, -0.2) is 4.79 Å². The summed E-state index contributed by atoms with van der Waals surface area (Å²) in [5.74, 6) is 1.08. The molecule has 0 fully saturated rings. The topological polar surface area (TPSA) is 77.0 Å². The summed E-state index contributed by atoms with van der Waals surface area (Å²) in [6, 6.07) is 15.8. The summed E-state index contributed by atoms with van der Waals surface area (Å²) < 4.78 is 16.1. The number of ether oxygens (including phenoxy) is 3. The van der Waals surface area contributed by atoms with E-state index < -0.39 is 6.10 Å². The summed E-state index contributed by atoms with van der Waals surface area (Å²) in [4.78, 5) is 11.5. The molecule has 2 N–H and O–H groups in total. The van der Waals surface area contributed by atoms with Crippen molar-refractivity contribution in [3.05, 3.63) is 59.7 Å². The molecule has 1 unspecified atom stereocenters. The molecule has 0 saturated carbocycles. The van der Waals surface area contributed by atoms with E-state index in [1.54, 1.807) is 6.92 Å². The van der Waals surface area contributed by atoms with Crippen molar-refractivity contribution < 1.29 is 24.1 Å². The van der Waals surface area contributed by atoms with Gasteiger partial charge in [-0.1, -0.05) is 24.3 Å². The van der Waals surface area contributed by atoms with E-state index in [1.165, 1.54) is 11.1 Å². The number of halogens is 1. The molecule has 1 aliphatic carbocycles. The smallest absolute Gasteiger partial charge is 0.344 e. The number of para-hydroxylation sites is 1. The lowest BCUT2D eigenvalue weighted by atomic mass is 10.0. The second-order valence-corrected chi connectivity index (χ2v) is 7.50. The van der Waals surface area contributed by atoms with Gasteiger partial charge in [-0.15, -0.1) is 12.4 Å². The van der Waals surface area contributed by atoms with Gasteiger partial charge in [0.2, 0.25) is 0 Å². The monoisotopic (exact) mass is 449 g/mol. The minimum atomic E-state index is -0.577. The molecule has 0 spiro atoms. The molecular weight excluding hydrogens is 418 g/mol. The summed E-state index contributed by atoms with van der Waals surface area (Å²) in [6.45, 7) is 2.78. The molecule has 7 heteroatoms. The molecule has 6 nitrogen and oxygen atoms in total. The van der Waals surface area contributed by atoms with Crippen LogP contribution in [-0.4, -0.2) is 49.6 Å². The average Bonchev–Trinajstić information content (AvgIpc) is 2.97. The molecule has 0 aliphatic heterocycles. The number of fused-ring (bicyclic) bond motifs is 1. The summed E-state index contributed by atoms with van der Waals surface area (Å²) in [7, 11) is 0. The van der Waals surface area contributed by atoms with E-state index in [2.05, 4.69) is 11.4 Å². The normalized spacial score (nSPS) is 16.3. The number of esters is 1. The lowest BCUT2D eigenvalue weighted by molar-refractivity contribution is -0.145. The van der Waals surface area contributed by atoms with Gasteiger partial charge in [0.25, 0.3) is 0 Å². The standard InChI is InChI=1S/C24H31NO5.ClH/c1-2-28-24(27)17-30-23-12-11-18-7-6-8-20(13-19(18)14-23)25-15-21(26)16-29-22-9-4-3-5-10-22;/h3-5,9-12,14,20-21,25-26H,2,6-8,13,15-17H2,1H3;1H/t20?,21-;/m0./s1. The van der Waals surface area contributed by atoms with Crippen molar-refractivity contribution >= 4 is 18.4 Å². The third-order valence-electron chi connectivity index (χ3n) is 5.13. The van der Waals surface area contributed by atoms with Crippen LogP contribution in [0.15, 0.2) is 48.5 Å². The van der Waals surface area contributed by atoms with Crippen molar-refractivity contribution in [1.29, 1.82) is 0 Å². The molecule has 0 radical (unpaired) electrons. The fourth-order valence-corrected chi connectivity index (χ4v) is 3.62. The van der Waals surface area contributed by atoms with Gasteiger partial charge >= 0.3 is 5.97 Å². The molecule has 3 rings (SSSR count). The van der Waals surface area contributed by atoms with Crippen LogP contribution in [0.2, 0.25) is 0 Å². The lowest BCUT2D eigenvalue weighted by Crippen LogP contribution is -2.39. The first-order valence-corrected chi connectivity index (χ1v) is 10.6. The molecule has 0 aromatic heterocycles. The van der Waals surface area contributed by atoms with E-state index >= 15 is 0 Å². The Morgan fingerprint density at radius 1 is 1.13 bits per heavy atom. The van der Waals surface area contributed by atoms with E-state index in [-0.39, 0.29) is 37.6 Å². The maximum Gasteiger partial charge on any atom is 0.344 e. The van der Waals surface area contributed by atoms with Gasteiger partial charge in [0.05, 0.1) is 6.61 Å². The lowest BCUT2D eigenvalue weighted by Gasteiger charge is -2.20. The van der Waals surface area contributed by atoms with Gasteiger partial charge < -0.3 is 24.6 Å². The number of aliphatic hydroxyl groups excluding tert-OH is 1. The Morgan fingerprint density at radius 2 is 1.94 bits per heavy atom. The maximum atomic E-state index is 11.5. The van der Waals surface area contributed by atoms with Crippen LogP contribution in [0.4, 0.5) is 0 Å². The molecule has 2 aromatic carbocycles. The minimum Gasteiger partial charge on any atom is -0.491 e. The minimum absolute atomic E-state index is 0. The Bertz CT molecular complexity index is 802. The molecule has 2 atom stereocenters. The number of benzene rings is 2. The number of aryl methyl sites for hydroxylation is 1. The van der Waals surface area contributed by atoms with Crippen LogP contribution in [0.1, 0.15) is 30.9 Å². The molecule has 0 amide bonds. The van der Waals surface area contributed by atoms with Gasteiger partial charge in [-0.05, 0) is 68.0 Å². The summed E-state index contributed by atoms with van der Waals surface area (Å²) in [6.07, 6.45) is 3.43. The SMILES string of the molecule is CCOC(=O)COc1ccc2c(c1)CC(NC[C@H](O)COc1ccccc1)CCC2.Cl. The van der Waals surface area contributed by atoms with Crippen LogP contribution in [-0.2, 0) is 22.4 Å². The number of hydrogen-bond acceptors (Lipinski definition) is 6. The highest BCUT2D eigenvalue weighted by atomic mass is 35.5. The van der Waals surface area contributed by atoms with Crippen molar-refractivity contribution in [3.63, 3.8) is 0 Å². The first-order chi connectivity index (χ1) is 14.6. The van der Waals surface area contributed by atoms with Crippen molar-refractivity contribution in [3.8, 4) is 11.5 Å². The van der Waals surface area contributed by atoms with Gasteiger partial charge in [0.1, 0.15) is 24.2 Å². The van der Waals surface area contributed by atoms with Crippen LogP contribution in [0.25, 0.3) is 0 Å². The predicted molar refractivity (Wildman–Crippen MR) is 122 cm³/mol. The average molecular weight is 450 g/mol. The van der Waals surface area contributed by atoms with Gasteiger partial charge in [-0.3, -0.25) is 0 Å². The van der Waals surface area contributed by atoms with Crippen LogP contribution < -0.4 is 14.8 Å². The number of aliphatic hydroxyl groups is 1. The van der Waals surface area contributed by atoms with Crippen LogP contribution >= 0.6 is 12.4 Å². The maximum absolute atomic E-state index is 11.5. The number of nitrogens with one attached hydrogen (secondary N) is 1. The van der Waals surface area contributed by atoms with Crippen LogP contribution in [0, 0.1) is 0 Å². The van der Waals surface area contributed by atoms with E-state index in [4.69, 9.17) is 14.2 Å². The molecule has 2 aromatic rings. The van der Waals surface area contributed by atoms with Crippen molar-refractivity contribution in [2.45, 2.75) is 44.8 Å². The molecule has 31 heavy (non-hydrogen) atoms. The van der Waals surface area contributed by atoms with Gasteiger partial charge in [0.15, 0.2) is 6.61 Å². The van der Waals surface area contributed by atoms with Crippen molar-refractivity contribution in [1.82, 2.24) is 5.32 Å². The number of hydrogen-bond donors (Lipinski definition) is 2. The zero-order valence-electron chi connectivity index (χ0n) is 17.9. The largest absolute Gasteiger partial charge is 0.491 e. The summed E-state index contributed by atoms with van der Waals surface area (Å²) in [5, 5.41) is 13.7. The third-order valence-corrected chi connectivity index (χ3v) is 5.13. The fourth-order valence-electron chi connectivity index (χ4n) is 3.62. The highest BCUT2D eigenvalue weighted by Crippen LogP contribution is 2.25. The van der Waals surface area contributed by atoms with Gasteiger partial charge in [-0.2, -0.15) is 0 Å². The highest BCUT2D eigenvalue weighted by Gasteiger charge is 2.18. The highest BCUT2D eigenvalue weighted by molar-refractivity contribution is 5.85. The zero-order valence-corrected chi connectivity index (χ0v) is 18.7. The third kappa shape index (κ3) is 8.40. The Labute approximate surface area is 190 Å². The predicted octanol–water partition coefficient (Wildman–Crippen LogP) is 3.33. The van der Waals surface area contributed by atoms with E-state index in [9.17, 15) is 9.90 Å². The number of carbonyl (C=O) groups excluding carboxylic acids is 1. The Kier molecular flexibility index (Phi) is 10.6. The molecule has 170 valence electrons. The Hall–Kier alpha value is -2.28. The summed E-state index contributed by atoms with van der Waals surface area (Å²) in [5.41, 5.74) is 2.54. The molecular formula is C24H32ClNO5. The molecule has 0 heterocycles. The number of carbonyl (C=O) groups is 1. The Balaban J connectivity index is 0.00000341. The first-order valence-electron chi connectivity index (χ1n) is 10.6. The van der Waals surface area contributed by atoms with Crippen molar-refractivity contribution in [2.24, 2.45) is 0 Å². The van der Waals surface area contributed by atoms with Crippen LogP contribution in [0.5, 0.6) is 11.5 Å². The second kappa shape index (κ2) is 13.2. The van der Waals surface area contributed by atoms with Gasteiger partial charge in [0, 0.05) is 12.6 Å².